The Hall–Kier alpha value is -2.86. The Morgan fingerprint density at radius 2 is 1.84 bits per heavy atom. The van der Waals surface area contributed by atoms with E-state index in [2.05, 4.69) is 4.99 Å². The van der Waals surface area contributed by atoms with Crippen LogP contribution in [0.1, 0.15) is 12.5 Å². The third-order valence-corrected chi connectivity index (χ3v) is 4.43. The van der Waals surface area contributed by atoms with E-state index in [0.717, 1.165) is 10.5 Å². The van der Waals surface area contributed by atoms with Crippen LogP contribution in [0.25, 0.3) is 10.6 Å². The highest BCUT2D eigenvalue weighted by molar-refractivity contribution is 8.12. The summed E-state index contributed by atoms with van der Waals surface area (Å²) in [4.78, 5) is 17.3. The van der Waals surface area contributed by atoms with Crippen molar-refractivity contribution in [1.82, 2.24) is 0 Å². The number of rotatable bonds is 4. The van der Waals surface area contributed by atoms with Crippen LogP contribution in [0.4, 0.5) is 0 Å². The summed E-state index contributed by atoms with van der Waals surface area (Å²) >= 11 is 1.28. The van der Waals surface area contributed by atoms with E-state index < -0.39 is 11.9 Å². The monoisotopic (exact) mass is 352 g/mol. The van der Waals surface area contributed by atoms with Gasteiger partial charge in [-0.25, -0.2) is 4.79 Å². The lowest BCUT2D eigenvalue weighted by Gasteiger charge is -2.18. The average Bonchev–Trinajstić information content (AvgIpc) is 2.63. The summed E-state index contributed by atoms with van der Waals surface area (Å²) in [5, 5.41) is 12.4. The lowest BCUT2D eigenvalue weighted by molar-refractivity contribution is -0.578. The Balaban J connectivity index is 2.08. The first kappa shape index (κ1) is 17.0. The Kier molecular flexibility index (Phi) is 5.30. The molecule has 0 fully saturated rings. The maximum absolute atomic E-state index is 12.5. The Bertz CT molecular complexity index is 859. The van der Waals surface area contributed by atoms with Crippen LogP contribution in [0.5, 0.6) is 0 Å². The molecule has 0 saturated carbocycles. The van der Waals surface area contributed by atoms with Gasteiger partial charge in [0.2, 0.25) is 0 Å². The van der Waals surface area contributed by atoms with Crippen molar-refractivity contribution in [2.45, 2.75) is 6.92 Å². The number of esters is 1. The fourth-order valence-electron chi connectivity index (χ4n) is 2.30. The summed E-state index contributed by atoms with van der Waals surface area (Å²) in [6, 6.07) is 15.0. The number of benzene rings is 1. The van der Waals surface area contributed by atoms with Crippen LogP contribution in [-0.2, 0) is 9.53 Å². The van der Waals surface area contributed by atoms with Gasteiger partial charge in [-0.15, -0.1) is 0 Å². The first-order chi connectivity index (χ1) is 12.2. The molecule has 126 valence electrons. The van der Waals surface area contributed by atoms with Gasteiger partial charge in [-0.2, -0.15) is 4.57 Å². The van der Waals surface area contributed by atoms with Gasteiger partial charge in [0, 0.05) is 17.0 Å². The van der Waals surface area contributed by atoms with Crippen LogP contribution in [0.15, 0.2) is 77.0 Å². The smallest absolute Gasteiger partial charge is 0.407 e. The fourth-order valence-corrected chi connectivity index (χ4v) is 3.34. The van der Waals surface area contributed by atoms with E-state index in [1.165, 1.54) is 17.8 Å². The number of carbonyl (C=O) groups is 1. The summed E-state index contributed by atoms with van der Waals surface area (Å²) in [5.74, 6) is -0.919. The van der Waals surface area contributed by atoms with Gasteiger partial charge in [0.15, 0.2) is 17.4 Å². The molecule has 1 aliphatic rings. The maximum atomic E-state index is 12.5. The highest BCUT2D eigenvalue weighted by Crippen LogP contribution is 2.38. The van der Waals surface area contributed by atoms with Crippen molar-refractivity contribution in [3.05, 3.63) is 77.6 Å². The molecule has 0 unspecified atom stereocenters. The molecule has 0 bridgehead atoms. The van der Waals surface area contributed by atoms with Crippen molar-refractivity contribution >= 4 is 34.2 Å². The minimum Gasteiger partial charge on any atom is -0.859 e. The largest absolute Gasteiger partial charge is 0.859 e. The van der Waals surface area contributed by atoms with E-state index in [1.807, 2.05) is 36.4 Å². The van der Waals surface area contributed by atoms with Crippen LogP contribution >= 0.6 is 11.8 Å². The van der Waals surface area contributed by atoms with Gasteiger partial charge in [-0.3, -0.25) is 4.99 Å². The SMILES string of the molecule is CCOC(=O)/C(=C1/N=C([O-])C=C(c2ccccc2)S1)[n+]1ccccc1. The van der Waals surface area contributed by atoms with Gasteiger partial charge >= 0.3 is 11.7 Å². The molecule has 0 aliphatic carbocycles. The van der Waals surface area contributed by atoms with Gasteiger partial charge in [0.1, 0.15) is 0 Å². The van der Waals surface area contributed by atoms with Gasteiger partial charge < -0.3 is 9.84 Å². The molecule has 0 saturated heterocycles. The Morgan fingerprint density at radius 1 is 1.16 bits per heavy atom. The van der Waals surface area contributed by atoms with Gasteiger partial charge in [-0.1, -0.05) is 48.2 Å². The second kappa shape index (κ2) is 7.81. The topological polar surface area (TPSA) is 65.6 Å². The van der Waals surface area contributed by atoms with Crippen LogP contribution in [0, 0.1) is 0 Å². The molecule has 0 spiro atoms. The molecule has 0 atom stereocenters. The van der Waals surface area contributed by atoms with Crippen LogP contribution in [0.2, 0.25) is 0 Å². The Morgan fingerprint density at radius 3 is 2.52 bits per heavy atom. The molecule has 6 heteroatoms. The number of ether oxygens (including phenoxy) is 1. The number of aliphatic imine (C=N–C) groups is 1. The summed E-state index contributed by atoms with van der Waals surface area (Å²) in [6.45, 7) is 1.98. The molecule has 1 aliphatic heterocycles. The second-order valence-electron chi connectivity index (χ2n) is 5.08. The predicted molar refractivity (Wildman–Crippen MR) is 95.9 cm³/mol. The van der Waals surface area contributed by atoms with Crippen LogP contribution < -0.4 is 9.67 Å². The summed E-state index contributed by atoms with van der Waals surface area (Å²) in [7, 11) is 0. The molecule has 1 aromatic carbocycles. The average molecular weight is 352 g/mol. The van der Waals surface area contributed by atoms with Gasteiger partial charge in [0.05, 0.1) is 6.61 Å². The molecular formula is C19H16N2O3S. The third-order valence-electron chi connectivity index (χ3n) is 3.38. The minimum absolute atomic E-state index is 0.224. The molecule has 0 N–H and O–H groups in total. The third kappa shape index (κ3) is 3.97. The van der Waals surface area contributed by atoms with Crippen molar-refractivity contribution < 1.29 is 19.2 Å². The second-order valence-corrected chi connectivity index (χ2v) is 6.11. The van der Waals surface area contributed by atoms with E-state index in [1.54, 1.807) is 36.0 Å². The number of hydrogen-bond acceptors (Lipinski definition) is 5. The quantitative estimate of drug-likeness (QED) is 0.481. The number of pyridine rings is 1. The van der Waals surface area contributed by atoms with Crippen molar-refractivity contribution in [2.24, 2.45) is 4.99 Å². The van der Waals surface area contributed by atoms with Crippen molar-refractivity contribution in [3.8, 4) is 0 Å². The molecule has 25 heavy (non-hydrogen) atoms. The van der Waals surface area contributed by atoms with Crippen molar-refractivity contribution in [3.63, 3.8) is 0 Å². The molecule has 0 amide bonds. The van der Waals surface area contributed by atoms with Crippen LogP contribution in [0.3, 0.4) is 0 Å². The lowest BCUT2D eigenvalue weighted by atomic mass is 10.2. The highest BCUT2D eigenvalue weighted by atomic mass is 32.2. The first-order valence-corrected chi connectivity index (χ1v) is 8.59. The van der Waals surface area contributed by atoms with Crippen LogP contribution in [-0.4, -0.2) is 18.5 Å². The number of carbonyl (C=O) groups excluding carboxylic acids is 1. The number of nitrogens with zero attached hydrogens (tertiary/aromatic N) is 2. The van der Waals surface area contributed by atoms with E-state index in [9.17, 15) is 9.90 Å². The van der Waals surface area contributed by atoms with Gasteiger partial charge in [0.25, 0.3) is 0 Å². The van der Waals surface area contributed by atoms with Gasteiger partial charge in [-0.05, 0) is 24.5 Å². The summed E-state index contributed by atoms with van der Waals surface area (Å²) < 4.78 is 6.78. The van der Waals surface area contributed by atoms with E-state index in [0.29, 0.717) is 5.03 Å². The molecule has 5 nitrogen and oxygen atoms in total. The fraction of sp³-hybridized carbons (Fsp3) is 0.105. The lowest BCUT2D eigenvalue weighted by Crippen LogP contribution is -2.37. The van der Waals surface area contributed by atoms with Crippen molar-refractivity contribution in [1.29, 1.82) is 0 Å². The highest BCUT2D eigenvalue weighted by Gasteiger charge is 2.29. The molecule has 0 radical (unpaired) electrons. The Labute approximate surface area is 150 Å². The van der Waals surface area contributed by atoms with E-state index in [4.69, 9.17) is 4.74 Å². The van der Waals surface area contributed by atoms with E-state index in [-0.39, 0.29) is 12.3 Å². The minimum atomic E-state index is -0.521. The predicted octanol–water partition coefficient (Wildman–Crippen LogP) is 2.21. The van der Waals surface area contributed by atoms with E-state index >= 15 is 0 Å². The molecule has 2 heterocycles. The number of aromatic nitrogens is 1. The zero-order valence-corrected chi connectivity index (χ0v) is 14.4. The first-order valence-electron chi connectivity index (χ1n) is 7.77. The summed E-state index contributed by atoms with van der Waals surface area (Å²) in [6.07, 6.45) is 4.92. The number of hydrogen-bond donors (Lipinski definition) is 0. The summed E-state index contributed by atoms with van der Waals surface area (Å²) in [5.41, 5.74) is 1.12. The molecule has 2 aromatic rings. The standard InChI is InChI=1S/C19H16N2O3S/c1-2-24-19(23)17(21-11-7-4-8-12-21)18-20-16(22)13-15(25-18)14-9-5-3-6-10-14/h3-13H,2H2,1H3. The zero-order chi connectivity index (χ0) is 17.6. The normalized spacial score (nSPS) is 15.9. The molecular weight excluding hydrogens is 336 g/mol. The number of thioether (sulfide) groups is 1. The zero-order valence-electron chi connectivity index (χ0n) is 13.6. The maximum Gasteiger partial charge on any atom is 0.407 e. The van der Waals surface area contributed by atoms with Crippen molar-refractivity contribution in [2.75, 3.05) is 6.61 Å². The molecule has 1 aromatic heterocycles. The molecule has 3 rings (SSSR count).